The molecule has 3 aromatic rings. The first kappa shape index (κ1) is 22.0. The lowest BCUT2D eigenvalue weighted by Crippen LogP contribution is -2.23. The highest BCUT2D eigenvalue weighted by Gasteiger charge is 2.21. The van der Waals surface area contributed by atoms with Gasteiger partial charge >= 0.3 is 5.97 Å². The van der Waals surface area contributed by atoms with E-state index >= 15 is 0 Å². The number of nitrogens with zero attached hydrogens (tertiary/aromatic N) is 2. The first-order valence-electron chi connectivity index (χ1n) is 13.1. The molecule has 0 saturated carbocycles. The minimum atomic E-state index is -1.22. The van der Waals surface area contributed by atoms with E-state index in [4.69, 9.17) is 10.2 Å². The number of amides is 1. The Hall–Kier alpha value is -3.24. The fourth-order valence-corrected chi connectivity index (χ4v) is 4.50. The fourth-order valence-electron chi connectivity index (χ4n) is 2.84. The third-order valence-corrected chi connectivity index (χ3v) is 7.61. The van der Waals surface area contributed by atoms with Gasteiger partial charge in [-0.3, -0.25) is 28.9 Å². The van der Waals surface area contributed by atoms with Crippen LogP contribution in [0.1, 0.15) is 67.1 Å². The summed E-state index contributed by atoms with van der Waals surface area (Å²) in [7, 11) is -1.22. The fraction of sp³-hybridized carbons (Fsp3) is 0.346. The number of carbonyl (C=O) groups excluding carboxylic acids is 3. The summed E-state index contributed by atoms with van der Waals surface area (Å²) in [6.07, 6.45) is 3.46. The highest BCUT2D eigenvalue weighted by molar-refractivity contribution is 7.85. The number of nitrogens with one attached hydrogen (secondary N) is 1. The molecular formula is C26H29N3O5S2. The second kappa shape index (κ2) is 12.6. The summed E-state index contributed by atoms with van der Waals surface area (Å²) in [4.78, 5) is 46.1. The molecule has 0 aliphatic rings. The van der Waals surface area contributed by atoms with Gasteiger partial charge in [0.15, 0.2) is 5.13 Å². The summed E-state index contributed by atoms with van der Waals surface area (Å²) in [5.74, 6) is -2.53. The maximum atomic E-state index is 13.1. The van der Waals surface area contributed by atoms with Gasteiger partial charge in [0, 0.05) is 46.2 Å². The average Bonchev–Trinajstić information content (AvgIpc) is 3.34. The Morgan fingerprint density at radius 1 is 1.11 bits per heavy atom. The molecule has 0 aliphatic carbocycles. The SMILES string of the molecule is [2H]c1c([2H])c([2H])c(C(=O)Nc2nc(CS(=O)C(C)(C)C)cs2)c(OC(=O)CCC(=O)CCc2ccncc2)c1[2H]. The lowest BCUT2D eigenvalue weighted by Gasteiger charge is -2.16. The summed E-state index contributed by atoms with van der Waals surface area (Å²) in [6, 6.07) is 0.816. The Labute approximate surface area is 222 Å². The number of esters is 1. The van der Waals surface area contributed by atoms with Crippen LogP contribution in [0.2, 0.25) is 0 Å². The molecule has 10 heteroatoms. The quantitative estimate of drug-likeness (QED) is 0.281. The molecule has 0 radical (unpaired) electrons. The molecule has 0 saturated heterocycles. The minimum Gasteiger partial charge on any atom is -0.426 e. The van der Waals surface area contributed by atoms with Gasteiger partial charge < -0.3 is 4.74 Å². The van der Waals surface area contributed by atoms with Crippen LogP contribution in [0, 0.1) is 0 Å². The Bertz CT molecular complexity index is 1440. The highest BCUT2D eigenvalue weighted by atomic mass is 32.2. The molecule has 0 aliphatic heterocycles. The smallest absolute Gasteiger partial charge is 0.311 e. The van der Waals surface area contributed by atoms with Gasteiger partial charge in [0.05, 0.1) is 28.9 Å². The number of hydrogen-bond donors (Lipinski definition) is 1. The molecule has 1 aromatic carbocycles. The van der Waals surface area contributed by atoms with E-state index in [0.717, 1.165) is 16.9 Å². The zero-order valence-electron chi connectivity index (χ0n) is 24.2. The van der Waals surface area contributed by atoms with E-state index in [0.29, 0.717) is 12.1 Å². The zero-order chi connectivity index (χ0) is 29.6. The molecule has 2 heterocycles. The molecule has 0 spiro atoms. The van der Waals surface area contributed by atoms with Gasteiger partial charge in [-0.05, 0) is 57.0 Å². The number of thiazole rings is 1. The number of ether oxygens (including phenoxy) is 1. The number of hydrogen-bond acceptors (Lipinski definition) is 8. The van der Waals surface area contributed by atoms with Crippen LogP contribution in [0.25, 0.3) is 0 Å². The topological polar surface area (TPSA) is 115 Å². The lowest BCUT2D eigenvalue weighted by atomic mass is 10.1. The first-order valence-corrected chi connectivity index (χ1v) is 13.3. The number of anilines is 1. The van der Waals surface area contributed by atoms with Crippen molar-refractivity contribution >= 4 is 44.9 Å². The van der Waals surface area contributed by atoms with Gasteiger partial charge in [-0.1, -0.05) is 12.1 Å². The zero-order valence-corrected chi connectivity index (χ0v) is 21.8. The molecule has 36 heavy (non-hydrogen) atoms. The standard InChI is InChI=1S/C26H29N3O5S2/c1-26(2,3)36(33)17-19-16-35-25(28-19)29-24(32)21-6-4-5-7-22(21)34-23(31)11-10-20(30)9-8-18-12-14-27-15-13-18/h4-7,12-16H,8-11,17H2,1-3H3,(H,28,29,32)/i4D,5D,6D,7D. The van der Waals surface area contributed by atoms with Crippen molar-refractivity contribution in [1.82, 2.24) is 9.97 Å². The van der Waals surface area contributed by atoms with Crippen molar-refractivity contribution in [2.24, 2.45) is 0 Å². The first-order chi connectivity index (χ1) is 18.8. The van der Waals surface area contributed by atoms with Crippen LogP contribution in [-0.2, 0) is 32.6 Å². The molecule has 2 aromatic heterocycles. The maximum Gasteiger partial charge on any atom is 0.311 e. The van der Waals surface area contributed by atoms with E-state index < -0.39 is 62.9 Å². The van der Waals surface area contributed by atoms with E-state index in [9.17, 15) is 18.6 Å². The van der Waals surface area contributed by atoms with Crippen molar-refractivity contribution in [2.45, 2.75) is 57.0 Å². The molecule has 1 N–H and O–H groups in total. The van der Waals surface area contributed by atoms with Crippen LogP contribution in [-0.4, -0.2) is 36.6 Å². The van der Waals surface area contributed by atoms with Crippen molar-refractivity contribution < 1.29 is 28.8 Å². The summed E-state index contributed by atoms with van der Waals surface area (Å²) in [5.41, 5.74) is 0.846. The summed E-state index contributed by atoms with van der Waals surface area (Å²) < 4.78 is 49.5. The number of carbonyl (C=O) groups is 3. The number of pyridine rings is 1. The van der Waals surface area contributed by atoms with E-state index in [-0.39, 0.29) is 35.9 Å². The van der Waals surface area contributed by atoms with Crippen molar-refractivity contribution in [1.29, 1.82) is 0 Å². The molecule has 1 atom stereocenters. The van der Waals surface area contributed by atoms with E-state index in [1.807, 2.05) is 20.8 Å². The lowest BCUT2D eigenvalue weighted by molar-refractivity contribution is -0.136. The van der Waals surface area contributed by atoms with Gasteiger partial charge in [0.2, 0.25) is 0 Å². The van der Waals surface area contributed by atoms with Crippen LogP contribution < -0.4 is 10.1 Å². The van der Waals surface area contributed by atoms with Crippen LogP contribution in [0.4, 0.5) is 5.13 Å². The minimum absolute atomic E-state index is 0.121. The van der Waals surface area contributed by atoms with Crippen LogP contribution in [0.15, 0.2) is 54.1 Å². The van der Waals surface area contributed by atoms with Gasteiger partial charge in [-0.15, -0.1) is 11.3 Å². The molecule has 1 amide bonds. The van der Waals surface area contributed by atoms with Crippen LogP contribution in [0.3, 0.4) is 0 Å². The highest BCUT2D eigenvalue weighted by Crippen LogP contribution is 2.24. The predicted octanol–water partition coefficient (Wildman–Crippen LogP) is 4.73. The van der Waals surface area contributed by atoms with Crippen molar-refractivity contribution in [3.8, 4) is 5.75 Å². The molecular weight excluding hydrogens is 498 g/mol. The number of para-hydroxylation sites is 1. The monoisotopic (exact) mass is 531 g/mol. The maximum absolute atomic E-state index is 13.1. The Morgan fingerprint density at radius 2 is 1.83 bits per heavy atom. The third kappa shape index (κ3) is 8.46. The number of aryl methyl sites for hydroxylation is 1. The molecule has 8 nitrogen and oxygen atoms in total. The summed E-state index contributed by atoms with van der Waals surface area (Å²) >= 11 is 1.06. The van der Waals surface area contributed by atoms with Gasteiger partial charge in [-0.2, -0.15) is 0 Å². The average molecular weight is 532 g/mol. The number of Topliss-reactive ketones (excluding diaryl/α,β-unsaturated/α-hetero) is 1. The number of aromatic nitrogens is 2. The van der Waals surface area contributed by atoms with Crippen LogP contribution in [0.5, 0.6) is 5.75 Å². The molecule has 0 bridgehead atoms. The molecule has 1 unspecified atom stereocenters. The number of ketones is 1. The van der Waals surface area contributed by atoms with Crippen molar-refractivity contribution in [2.75, 3.05) is 5.32 Å². The van der Waals surface area contributed by atoms with Gasteiger partial charge in [0.1, 0.15) is 11.5 Å². The molecule has 0 fully saturated rings. The van der Waals surface area contributed by atoms with E-state index in [1.165, 1.54) is 0 Å². The van der Waals surface area contributed by atoms with E-state index in [2.05, 4.69) is 15.3 Å². The molecule has 3 rings (SSSR count). The predicted molar refractivity (Wildman–Crippen MR) is 141 cm³/mol. The van der Waals surface area contributed by atoms with Gasteiger partial charge in [-0.25, -0.2) is 4.98 Å². The van der Waals surface area contributed by atoms with Gasteiger partial charge in [0.25, 0.3) is 5.91 Å². The van der Waals surface area contributed by atoms with Crippen LogP contribution >= 0.6 is 11.3 Å². The van der Waals surface area contributed by atoms with Crippen molar-refractivity contribution in [3.05, 3.63) is 70.9 Å². The second-order valence-electron chi connectivity index (χ2n) is 8.77. The molecule has 190 valence electrons. The summed E-state index contributed by atoms with van der Waals surface area (Å²) in [6.45, 7) is 5.51. The van der Waals surface area contributed by atoms with E-state index in [1.54, 1.807) is 29.9 Å². The Kier molecular flexibility index (Phi) is 7.72. The largest absolute Gasteiger partial charge is 0.426 e. The Balaban J connectivity index is 1.72. The van der Waals surface area contributed by atoms with Crippen molar-refractivity contribution in [3.63, 3.8) is 0 Å². The summed E-state index contributed by atoms with van der Waals surface area (Å²) in [5, 5.41) is 4.23. The number of benzene rings is 1. The second-order valence-corrected chi connectivity index (χ2v) is 11.8. The Morgan fingerprint density at radius 3 is 2.56 bits per heavy atom. The number of rotatable bonds is 11. The third-order valence-electron chi connectivity index (χ3n) is 4.88. The normalized spacial score (nSPS) is 13.6.